The summed E-state index contributed by atoms with van der Waals surface area (Å²) in [4.78, 5) is 25.6. The molecule has 6 nitrogen and oxygen atoms in total. The Labute approximate surface area is 157 Å². The number of carbonyl (C=O) groups excluding carboxylic acids is 2. The number of aryl methyl sites for hydroxylation is 1. The molecular weight excluding hydrogens is 368 g/mol. The third-order valence-electron chi connectivity index (χ3n) is 5.64. The molecule has 2 aromatic rings. The predicted octanol–water partition coefficient (Wildman–Crippen LogP) is 3.20. The molecule has 0 radical (unpaired) electrons. The van der Waals surface area contributed by atoms with Crippen LogP contribution in [-0.4, -0.2) is 32.3 Å². The zero-order valence-corrected chi connectivity index (χ0v) is 16.4. The van der Waals surface area contributed by atoms with Crippen LogP contribution in [0.25, 0.3) is 11.3 Å². The zero-order valence-electron chi connectivity index (χ0n) is 15.6. The molecule has 1 aromatic carbocycles. The van der Waals surface area contributed by atoms with Crippen LogP contribution in [0.3, 0.4) is 0 Å². The van der Waals surface area contributed by atoms with Gasteiger partial charge < -0.3 is 4.42 Å². The minimum atomic E-state index is -3.61. The fourth-order valence-corrected chi connectivity index (χ4v) is 5.06. The van der Waals surface area contributed by atoms with Gasteiger partial charge in [-0.3, -0.25) is 13.8 Å². The molecule has 4 rings (SSSR count). The van der Waals surface area contributed by atoms with Crippen LogP contribution in [-0.2, 0) is 26.1 Å². The first kappa shape index (κ1) is 18.1. The van der Waals surface area contributed by atoms with Gasteiger partial charge in [-0.05, 0) is 36.5 Å². The lowest BCUT2D eigenvalue weighted by Crippen LogP contribution is -2.42. The molecule has 0 amide bonds. The Morgan fingerprint density at radius 1 is 1.15 bits per heavy atom. The average Bonchev–Trinajstić information content (AvgIpc) is 2.95. The zero-order chi connectivity index (χ0) is 19.7. The summed E-state index contributed by atoms with van der Waals surface area (Å²) < 4.78 is 34.2. The molecule has 0 saturated carbocycles. The largest absolute Gasteiger partial charge is 0.463 e. The Morgan fingerprint density at radius 3 is 2.48 bits per heavy atom. The van der Waals surface area contributed by atoms with Gasteiger partial charge in [0.05, 0.1) is 24.2 Å². The van der Waals surface area contributed by atoms with E-state index in [0.717, 1.165) is 17.4 Å². The van der Waals surface area contributed by atoms with E-state index < -0.39 is 33.2 Å². The van der Waals surface area contributed by atoms with Crippen LogP contribution in [0.5, 0.6) is 0 Å². The molecule has 1 heterocycles. The number of hydrogen-bond donors (Lipinski definition) is 0. The van der Waals surface area contributed by atoms with Gasteiger partial charge in [0.2, 0.25) is 11.6 Å². The molecule has 0 N–H and O–H groups in total. The summed E-state index contributed by atoms with van der Waals surface area (Å²) in [6, 6.07) is 3.67. The second-order valence-electron chi connectivity index (χ2n) is 7.84. The van der Waals surface area contributed by atoms with Crippen molar-refractivity contribution >= 4 is 21.7 Å². The lowest BCUT2D eigenvalue weighted by molar-refractivity contribution is 0.0811. The van der Waals surface area contributed by atoms with Crippen molar-refractivity contribution in [1.29, 1.82) is 0 Å². The molecule has 2 aliphatic rings. The summed E-state index contributed by atoms with van der Waals surface area (Å²) in [7, 11) is -3.61. The summed E-state index contributed by atoms with van der Waals surface area (Å²) >= 11 is 0. The first-order valence-electron chi connectivity index (χ1n) is 8.74. The third-order valence-corrected chi connectivity index (χ3v) is 6.22. The van der Waals surface area contributed by atoms with Gasteiger partial charge in [0.15, 0.2) is 0 Å². The molecule has 7 heteroatoms. The van der Waals surface area contributed by atoms with E-state index in [0.29, 0.717) is 40.9 Å². The Hall–Kier alpha value is -2.25. The van der Waals surface area contributed by atoms with Crippen LogP contribution in [0.15, 0.2) is 22.8 Å². The number of hydrogen-bond acceptors (Lipinski definition) is 6. The van der Waals surface area contributed by atoms with Gasteiger partial charge in [-0.1, -0.05) is 26.0 Å². The predicted molar refractivity (Wildman–Crippen MR) is 98.6 cm³/mol. The molecule has 0 spiro atoms. The summed E-state index contributed by atoms with van der Waals surface area (Å²) in [5.41, 5.74) is 2.96. The highest BCUT2D eigenvalue weighted by molar-refractivity contribution is 7.86. The van der Waals surface area contributed by atoms with E-state index in [1.54, 1.807) is 13.0 Å². The van der Waals surface area contributed by atoms with Gasteiger partial charge in [-0.2, -0.15) is 8.42 Å². The van der Waals surface area contributed by atoms with Crippen molar-refractivity contribution in [3.05, 3.63) is 46.2 Å². The minimum absolute atomic E-state index is 0.334. The van der Waals surface area contributed by atoms with Crippen LogP contribution >= 0.6 is 0 Å². The second kappa shape index (κ2) is 5.62. The fourth-order valence-electron chi connectivity index (χ4n) is 4.30. The maximum Gasteiger partial charge on any atom is 0.264 e. The summed E-state index contributed by atoms with van der Waals surface area (Å²) in [6.45, 7) is 5.53. The molecule has 27 heavy (non-hydrogen) atoms. The number of Topliss-reactive ketones (excluding diaryl/α,β-unsaturated/α-hetero) is 2. The third kappa shape index (κ3) is 2.60. The van der Waals surface area contributed by atoms with Crippen LogP contribution in [0.4, 0.5) is 0 Å². The summed E-state index contributed by atoms with van der Waals surface area (Å²) in [6.07, 6.45) is 2.89. The Balaban J connectivity index is 1.91. The second-order valence-corrected chi connectivity index (χ2v) is 9.45. The highest BCUT2D eigenvalue weighted by atomic mass is 32.2. The van der Waals surface area contributed by atoms with E-state index in [4.69, 9.17) is 8.60 Å². The molecule has 1 aromatic heterocycles. The number of ketones is 2. The monoisotopic (exact) mass is 388 g/mol. The standard InChI is InChI=1S/C20H20O6S/c1-10-9-25-19-12-5-7-13-11(16(12)18(22)17(21)15(10)19)6-8-14(20(13,2)3)26-27(4,23)24/h5,7,9,14H,6,8H2,1-4H3/t14-/m0/s1. The lowest BCUT2D eigenvalue weighted by Gasteiger charge is -2.40. The number of fused-ring (bicyclic) bond motifs is 5. The van der Waals surface area contributed by atoms with Crippen LogP contribution in [0, 0.1) is 6.92 Å². The van der Waals surface area contributed by atoms with E-state index in [1.807, 2.05) is 19.9 Å². The molecule has 2 aliphatic carbocycles. The molecule has 142 valence electrons. The normalized spacial score (nSPS) is 20.8. The topological polar surface area (TPSA) is 90.7 Å². The highest BCUT2D eigenvalue weighted by Gasteiger charge is 2.44. The van der Waals surface area contributed by atoms with Gasteiger partial charge in [-0.15, -0.1) is 0 Å². The summed E-state index contributed by atoms with van der Waals surface area (Å²) in [5, 5.41) is 0. The fraction of sp³-hybridized carbons (Fsp3) is 0.400. The molecular formula is C20H20O6S. The van der Waals surface area contributed by atoms with Crippen molar-refractivity contribution in [3.63, 3.8) is 0 Å². The Morgan fingerprint density at radius 2 is 1.81 bits per heavy atom. The van der Waals surface area contributed by atoms with Gasteiger partial charge in [0.25, 0.3) is 10.1 Å². The van der Waals surface area contributed by atoms with Crippen molar-refractivity contribution < 1.29 is 26.6 Å². The quantitative estimate of drug-likeness (QED) is 0.580. The first-order chi connectivity index (χ1) is 12.5. The number of furan rings is 1. The molecule has 1 atom stereocenters. The number of carbonyl (C=O) groups is 2. The van der Waals surface area contributed by atoms with Gasteiger partial charge >= 0.3 is 0 Å². The Bertz CT molecular complexity index is 1100. The van der Waals surface area contributed by atoms with E-state index >= 15 is 0 Å². The number of rotatable bonds is 2. The molecule has 0 bridgehead atoms. The van der Waals surface area contributed by atoms with Gasteiger partial charge in [0.1, 0.15) is 5.76 Å². The van der Waals surface area contributed by atoms with Crippen molar-refractivity contribution in [2.24, 2.45) is 0 Å². The van der Waals surface area contributed by atoms with Crippen LogP contribution in [0.2, 0.25) is 0 Å². The molecule has 0 fully saturated rings. The lowest BCUT2D eigenvalue weighted by atomic mass is 9.67. The maximum absolute atomic E-state index is 12.9. The number of benzene rings is 1. The van der Waals surface area contributed by atoms with E-state index in [2.05, 4.69) is 0 Å². The molecule has 0 aliphatic heterocycles. The van der Waals surface area contributed by atoms with Gasteiger partial charge in [0, 0.05) is 16.5 Å². The maximum atomic E-state index is 12.9. The smallest absolute Gasteiger partial charge is 0.264 e. The summed E-state index contributed by atoms with van der Waals surface area (Å²) in [5.74, 6) is -0.649. The van der Waals surface area contributed by atoms with Gasteiger partial charge in [-0.25, -0.2) is 0 Å². The molecule has 0 unspecified atom stereocenters. The minimum Gasteiger partial charge on any atom is -0.463 e. The average molecular weight is 388 g/mol. The van der Waals surface area contributed by atoms with E-state index in [9.17, 15) is 18.0 Å². The van der Waals surface area contributed by atoms with E-state index in [1.165, 1.54) is 6.26 Å². The van der Waals surface area contributed by atoms with Crippen molar-refractivity contribution in [2.45, 2.75) is 45.1 Å². The van der Waals surface area contributed by atoms with Crippen molar-refractivity contribution in [2.75, 3.05) is 6.26 Å². The van der Waals surface area contributed by atoms with Crippen LogP contribution < -0.4 is 0 Å². The Kier molecular flexibility index (Phi) is 3.78. The van der Waals surface area contributed by atoms with Crippen LogP contribution in [0.1, 0.15) is 57.7 Å². The highest BCUT2D eigenvalue weighted by Crippen LogP contribution is 2.45. The van der Waals surface area contributed by atoms with Crippen molar-refractivity contribution in [1.82, 2.24) is 0 Å². The SMILES string of the molecule is Cc1coc2c1C(=O)C(=O)c1c-2ccc2c1CC[C@H](OS(C)(=O)=O)C2(C)C. The van der Waals surface area contributed by atoms with Crippen molar-refractivity contribution in [3.8, 4) is 11.3 Å². The van der Waals surface area contributed by atoms with E-state index in [-0.39, 0.29) is 0 Å². The first-order valence-corrected chi connectivity index (χ1v) is 10.6. The molecule has 0 saturated heterocycles.